The van der Waals surface area contributed by atoms with Crippen molar-refractivity contribution in [3.8, 4) is 0 Å². The summed E-state index contributed by atoms with van der Waals surface area (Å²) in [5.74, 6) is -2.59. The van der Waals surface area contributed by atoms with E-state index in [4.69, 9.17) is 4.18 Å². The number of fused-ring (bicyclic) bond motifs is 1. The Kier molecular flexibility index (Phi) is 9.01. The van der Waals surface area contributed by atoms with Gasteiger partial charge >= 0.3 is 5.97 Å². The van der Waals surface area contributed by atoms with E-state index in [0.717, 1.165) is 28.3 Å². The van der Waals surface area contributed by atoms with Crippen LogP contribution in [0.2, 0.25) is 0 Å². The van der Waals surface area contributed by atoms with Gasteiger partial charge in [-0.3, -0.25) is 8.98 Å². The Balaban J connectivity index is 1.86. The molecule has 2 atom stereocenters. The molecule has 0 saturated carbocycles. The van der Waals surface area contributed by atoms with Gasteiger partial charge in [-0.1, -0.05) is 79.9 Å². The summed E-state index contributed by atoms with van der Waals surface area (Å²) in [4.78, 5) is 24.9. The maximum atomic E-state index is 13.2. The molecule has 186 valence electrons. The maximum absolute atomic E-state index is 13.2. The van der Waals surface area contributed by atoms with E-state index in [2.05, 4.69) is 5.32 Å². The Labute approximate surface area is 206 Å². The normalized spacial score (nSPS) is 13.3. The summed E-state index contributed by atoms with van der Waals surface area (Å²) in [6, 6.07) is 18.6. The standard InChI is InChI=1S/C27H31NO6S/c1-3-4-12-25(27(30)31)28-26(29)22(17-21-10-7-9-20-8-5-6-11-24(20)21)18-34-35(32,33)23-15-13-19(2)14-16-23/h5-11,13-16,22,25H,3-4,12,17-18H2,1-2H3,(H,28,29)(H,30,31)/t22-,25+/m1/s1. The highest BCUT2D eigenvalue weighted by Gasteiger charge is 2.28. The van der Waals surface area contributed by atoms with Gasteiger partial charge in [0.25, 0.3) is 10.1 Å². The van der Waals surface area contributed by atoms with Crippen LogP contribution in [0.3, 0.4) is 0 Å². The fraction of sp³-hybridized carbons (Fsp3) is 0.333. The summed E-state index contributed by atoms with van der Waals surface area (Å²) in [6.45, 7) is 3.37. The lowest BCUT2D eigenvalue weighted by atomic mass is 9.94. The lowest BCUT2D eigenvalue weighted by Crippen LogP contribution is -2.45. The van der Waals surface area contributed by atoms with Crippen LogP contribution in [0.5, 0.6) is 0 Å². The first-order chi connectivity index (χ1) is 16.7. The molecule has 0 saturated heterocycles. The average molecular weight is 498 g/mol. The highest BCUT2D eigenvalue weighted by atomic mass is 32.2. The van der Waals surface area contributed by atoms with E-state index in [0.29, 0.717) is 12.8 Å². The molecule has 8 heteroatoms. The van der Waals surface area contributed by atoms with Crippen LogP contribution in [0, 0.1) is 12.8 Å². The van der Waals surface area contributed by atoms with Crippen LogP contribution in [0.1, 0.15) is 37.3 Å². The Morgan fingerprint density at radius 3 is 2.37 bits per heavy atom. The first-order valence-corrected chi connectivity index (χ1v) is 13.1. The van der Waals surface area contributed by atoms with Crippen molar-refractivity contribution >= 4 is 32.8 Å². The molecule has 0 spiro atoms. The minimum atomic E-state index is -4.10. The summed E-state index contributed by atoms with van der Waals surface area (Å²) < 4.78 is 30.8. The van der Waals surface area contributed by atoms with Crippen molar-refractivity contribution in [2.45, 2.75) is 50.5 Å². The highest BCUT2D eigenvalue weighted by Crippen LogP contribution is 2.23. The minimum absolute atomic E-state index is 0.00113. The van der Waals surface area contributed by atoms with Crippen molar-refractivity contribution in [2.24, 2.45) is 5.92 Å². The molecule has 0 aliphatic heterocycles. The number of carbonyl (C=O) groups excluding carboxylic acids is 1. The quantitative estimate of drug-likeness (QED) is 0.357. The molecule has 3 aromatic rings. The molecule has 0 aliphatic carbocycles. The van der Waals surface area contributed by atoms with E-state index in [1.807, 2.05) is 56.3 Å². The molecule has 2 N–H and O–H groups in total. The maximum Gasteiger partial charge on any atom is 0.326 e. The van der Waals surface area contributed by atoms with Crippen molar-refractivity contribution in [3.05, 3.63) is 77.9 Å². The number of aryl methyl sites for hydroxylation is 1. The topological polar surface area (TPSA) is 110 Å². The van der Waals surface area contributed by atoms with Crippen LogP contribution in [0.25, 0.3) is 10.8 Å². The smallest absolute Gasteiger partial charge is 0.326 e. The first kappa shape index (κ1) is 26.4. The molecular weight excluding hydrogens is 466 g/mol. The molecule has 3 aromatic carbocycles. The zero-order valence-corrected chi connectivity index (χ0v) is 20.8. The fourth-order valence-electron chi connectivity index (χ4n) is 3.86. The van der Waals surface area contributed by atoms with Crippen LogP contribution in [0.4, 0.5) is 0 Å². The molecule has 35 heavy (non-hydrogen) atoms. The van der Waals surface area contributed by atoms with Crippen molar-refractivity contribution in [1.29, 1.82) is 0 Å². The number of nitrogens with one attached hydrogen (secondary N) is 1. The van der Waals surface area contributed by atoms with E-state index < -0.39 is 40.6 Å². The van der Waals surface area contributed by atoms with E-state index in [9.17, 15) is 23.1 Å². The zero-order chi connectivity index (χ0) is 25.4. The molecule has 0 bridgehead atoms. The van der Waals surface area contributed by atoms with Gasteiger partial charge in [0.1, 0.15) is 6.04 Å². The number of amides is 1. The summed E-state index contributed by atoms with van der Waals surface area (Å²) in [5, 5.41) is 14.1. The second-order valence-electron chi connectivity index (χ2n) is 8.63. The number of carbonyl (C=O) groups is 2. The van der Waals surface area contributed by atoms with Crippen LogP contribution >= 0.6 is 0 Å². The van der Waals surface area contributed by atoms with Crippen molar-refractivity contribution < 1.29 is 27.3 Å². The van der Waals surface area contributed by atoms with E-state index >= 15 is 0 Å². The van der Waals surface area contributed by atoms with E-state index in [1.54, 1.807) is 12.1 Å². The van der Waals surface area contributed by atoms with Crippen molar-refractivity contribution in [3.63, 3.8) is 0 Å². The predicted octanol–water partition coefficient (Wildman–Crippen LogP) is 4.47. The number of benzene rings is 3. The van der Waals surface area contributed by atoms with Gasteiger partial charge in [0, 0.05) is 0 Å². The molecule has 0 unspecified atom stereocenters. The Morgan fingerprint density at radius 2 is 1.69 bits per heavy atom. The number of aliphatic carboxylic acids is 1. The minimum Gasteiger partial charge on any atom is -0.480 e. The fourth-order valence-corrected chi connectivity index (χ4v) is 4.81. The molecule has 0 radical (unpaired) electrons. The molecule has 1 amide bonds. The number of unbranched alkanes of at least 4 members (excludes halogenated alkanes) is 1. The average Bonchev–Trinajstić information content (AvgIpc) is 2.84. The van der Waals surface area contributed by atoms with Gasteiger partial charge < -0.3 is 10.4 Å². The van der Waals surface area contributed by atoms with Gasteiger partial charge in [-0.05, 0) is 48.2 Å². The largest absolute Gasteiger partial charge is 0.480 e. The molecule has 0 aromatic heterocycles. The molecule has 7 nitrogen and oxygen atoms in total. The Morgan fingerprint density at radius 1 is 1.00 bits per heavy atom. The molecular formula is C27H31NO6S. The van der Waals surface area contributed by atoms with E-state index in [1.165, 1.54) is 12.1 Å². The number of hydrogen-bond acceptors (Lipinski definition) is 5. The third-order valence-electron chi connectivity index (χ3n) is 5.91. The second kappa shape index (κ2) is 12.0. The highest BCUT2D eigenvalue weighted by molar-refractivity contribution is 7.86. The Bertz CT molecular complexity index is 1270. The molecule has 3 rings (SSSR count). The second-order valence-corrected chi connectivity index (χ2v) is 10.2. The van der Waals surface area contributed by atoms with Crippen LogP contribution in [-0.2, 0) is 30.3 Å². The number of carboxylic acids is 1. The summed E-state index contributed by atoms with van der Waals surface area (Å²) in [6.07, 6.45) is 1.92. The van der Waals surface area contributed by atoms with Crippen LogP contribution in [-0.4, -0.2) is 38.0 Å². The third-order valence-corrected chi connectivity index (χ3v) is 7.21. The molecule has 0 aliphatic rings. The predicted molar refractivity (Wildman–Crippen MR) is 135 cm³/mol. The Hall–Kier alpha value is -3.23. The van der Waals surface area contributed by atoms with Gasteiger partial charge in [0.2, 0.25) is 5.91 Å². The monoisotopic (exact) mass is 497 g/mol. The summed E-state index contributed by atoms with van der Waals surface area (Å²) in [7, 11) is -4.10. The molecule has 0 heterocycles. The zero-order valence-electron chi connectivity index (χ0n) is 19.9. The van der Waals surface area contributed by atoms with Crippen LogP contribution < -0.4 is 5.32 Å². The van der Waals surface area contributed by atoms with Gasteiger partial charge in [-0.25, -0.2) is 4.79 Å². The van der Waals surface area contributed by atoms with Gasteiger partial charge in [-0.15, -0.1) is 0 Å². The number of carboxylic acid groups (broad SMARTS) is 1. The third kappa shape index (κ3) is 7.13. The summed E-state index contributed by atoms with van der Waals surface area (Å²) in [5.41, 5.74) is 1.75. The first-order valence-electron chi connectivity index (χ1n) is 11.7. The SMILES string of the molecule is CCCC[C@H](NC(=O)[C@@H](COS(=O)(=O)c1ccc(C)cc1)Cc1cccc2ccccc12)C(=O)O. The lowest BCUT2D eigenvalue weighted by molar-refractivity contribution is -0.142. The van der Waals surface area contributed by atoms with Crippen molar-refractivity contribution in [1.82, 2.24) is 5.32 Å². The lowest BCUT2D eigenvalue weighted by Gasteiger charge is -2.21. The van der Waals surface area contributed by atoms with E-state index in [-0.39, 0.29) is 11.3 Å². The number of rotatable bonds is 12. The van der Waals surface area contributed by atoms with Gasteiger partial charge in [0.15, 0.2) is 0 Å². The van der Waals surface area contributed by atoms with Gasteiger partial charge in [0.05, 0.1) is 17.4 Å². The van der Waals surface area contributed by atoms with Crippen LogP contribution in [0.15, 0.2) is 71.6 Å². The molecule has 0 fully saturated rings. The number of hydrogen-bond donors (Lipinski definition) is 2. The summed E-state index contributed by atoms with van der Waals surface area (Å²) >= 11 is 0. The van der Waals surface area contributed by atoms with Gasteiger partial charge in [-0.2, -0.15) is 8.42 Å². The van der Waals surface area contributed by atoms with Crippen molar-refractivity contribution in [2.75, 3.05) is 6.61 Å².